The first-order valence-electron chi connectivity index (χ1n) is 4.54. The molecule has 1 aromatic rings. The highest BCUT2D eigenvalue weighted by Crippen LogP contribution is 2.16. The molecule has 1 N–H and O–H groups in total. The Labute approximate surface area is 94.2 Å². The molecule has 0 aliphatic carbocycles. The van der Waals surface area contributed by atoms with Crippen LogP contribution in [0.25, 0.3) is 0 Å². The lowest BCUT2D eigenvalue weighted by molar-refractivity contribution is -0.135. The van der Waals surface area contributed by atoms with Crippen molar-refractivity contribution in [1.82, 2.24) is 0 Å². The highest BCUT2D eigenvalue weighted by molar-refractivity contribution is 7.90. The molecule has 1 aromatic carbocycles. The minimum Gasteiger partial charge on any atom is -0.480 e. The summed E-state index contributed by atoms with van der Waals surface area (Å²) in [6, 6.07) is 6.09. The zero-order valence-corrected chi connectivity index (χ0v) is 9.86. The molecule has 1 rings (SSSR count). The van der Waals surface area contributed by atoms with E-state index in [4.69, 9.17) is 5.11 Å². The number of carboxylic acid groups (broad SMARTS) is 1. The van der Waals surface area contributed by atoms with Gasteiger partial charge in [0, 0.05) is 19.0 Å². The molecule has 0 unspecified atom stereocenters. The molecule has 6 heteroatoms. The van der Waals surface area contributed by atoms with Crippen LogP contribution in [-0.2, 0) is 14.6 Å². The lowest BCUT2D eigenvalue weighted by atomic mass is 10.3. The molecule has 0 atom stereocenters. The van der Waals surface area contributed by atoms with Crippen LogP contribution in [0.15, 0.2) is 29.2 Å². The Morgan fingerprint density at radius 3 is 2.19 bits per heavy atom. The summed E-state index contributed by atoms with van der Waals surface area (Å²) >= 11 is 0. The topological polar surface area (TPSA) is 74.7 Å². The Kier molecular flexibility index (Phi) is 3.54. The van der Waals surface area contributed by atoms with E-state index in [0.29, 0.717) is 5.69 Å². The van der Waals surface area contributed by atoms with Crippen LogP contribution in [0.2, 0.25) is 0 Å². The average molecular weight is 243 g/mol. The summed E-state index contributed by atoms with van der Waals surface area (Å²) in [6.07, 6.45) is 1.13. The number of sulfone groups is 1. The number of aliphatic carboxylic acids is 1. The van der Waals surface area contributed by atoms with Crippen molar-refractivity contribution in [2.45, 2.75) is 4.90 Å². The van der Waals surface area contributed by atoms with Crippen molar-refractivity contribution in [3.8, 4) is 0 Å². The van der Waals surface area contributed by atoms with E-state index in [1.54, 1.807) is 19.2 Å². The second kappa shape index (κ2) is 4.52. The zero-order chi connectivity index (χ0) is 12.3. The van der Waals surface area contributed by atoms with Crippen LogP contribution in [-0.4, -0.2) is 39.3 Å². The third-order valence-corrected chi connectivity index (χ3v) is 3.21. The Hall–Kier alpha value is -1.56. The molecule has 0 aromatic heterocycles. The molecule has 0 bridgehead atoms. The minimum absolute atomic E-state index is 0.127. The van der Waals surface area contributed by atoms with Crippen molar-refractivity contribution in [1.29, 1.82) is 0 Å². The van der Waals surface area contributed by atoms with Crippen LogP contribution >= 0.6 is 0 Å². The average Bonchev–Trinajstić information content (AvgIpc) is 2.15. The summed E-state index contributed by atoms with van der Waals surface area (Å²) in [5.41, 5.74) is 0.662. The maximum Gasteiger partial charge on any atom is 0.323 e. The maximum atomic E-state index is 11.2. The lowest BCUT2D eigenvalue weighted by Crippen LogP contribution is -2.24. The fraction of sp³-hybridized carbons (Fsp3) is 0.300. The van der Waals surface area contributed by atoms with Gasteiger partial charge in [0.1, 0.15) is 6.54 Å². The molecule has 0 radical (unpaired) electrons. The zero-order valence-electron chi connectivity index (χ0n) is 9.04. The van der Waals surface area contributed by atoms with Gasteiger partial charge in [-0.2, -0.15) is 0 Å². The van der Waals surface area contributed by atoms with Gasteiger partial charge >= 0.3 is 5.97 Å². The summed E-state index contributed by atoms with van der Waals surface area (Å²) in [5, 5.41) is 8.59. The van der Waals surface area contributed by atoms with Gasteiger partial charge in [-0.05, 0) is 24.3 Å². The molecule has 0 aliphatic rings. The van der Waals surface area contributed by atoms with Gasteiger partial charge in [0.25, 0.3) is 0 Å². The fourth-order valence-corrected chi connectivity index (χ4v) is 1.87. The maximum absolute atomic E-state index is 11.2. The number of hydrogen-bond donors (Lipinski definition) is 1. The van der Waals surface area contributed by atoms with E-state index in [1.165, 1.54) is 17.0 Å². The van der Waals surface area contributed by atoms with Crippen molar-refractivity contribution in [3.63, 3.8) is 0 Å². The number of carboxylic acids is 1. The number of nitrogens with zero attached hydrogens (tertiary/aromatic N) is 1. The summed E-state index contributed by atoms with van der Waals surface area (Å²) in [6.45, 7) is -0.127. The van der Waals surface area contributed by atoms with E-state index in [0.717, 1.165) is 6.26 Å². The first kappa shape index (κ1) is 12.5. The molecule has 0 aliphatic heterocycles. The summed E-state index contributed by atoms with van der Waals surface area (Å²) in [4.78, 5) is 12.2. The molecule has 0 amide bonds. The van der Waals surface area contributed by atoms with E-state index in [-0.39, 0.29) is 11.4 Å². The van der Waals surface area contributed by atoms with Gasteiger partial charge < -0.3 is 10.0 Å². The lowest BCUT2D eigenvalue weighted by Gasteiger charge is -2.16. The summed E-state index contributed by atoms with van der Waals surface area (Å²) in [7, 11) is -1.57. The van der Waals surface area contributed by atoms with Gasteiger partial charge in [-0.3, -0.25) is 4.79 Å². The molecule has 16 heavy (non-hydrogen) atoms. The molecular formula is C10H13NO4S. The highest BCUT2D eigenvalue weighted by Gasteiger charge is 2.09. The van der Waals surface area contributed by atoms with Crippen molar-refractivity contribution in [2.24, 2.45) is 0 Å². The van der Waals surface area contributed by atoms with E-state index in [1.807, 2.05) is 0 Å². The van der Waals surface area contributed by atoms with Gasteiger partial charge in [0.05, 0.1) is 4.90 Å². The quantitative estimate of drug-likeness (QED) is 0.838. The monoisotopic (exact) mass is 243 g/mol. The molecule has 5 nitrogen and oxygen atoms in total. The number of benzene rings is 1. The second-order valence-corrected chi connectivity index (χ2v) is 5.53. The van der Waals surface area contributed by atoms with E-state index in [9.17, 15) is 13.2 Å². The van der Waals surface area contributed by atoms with E-state index >= 15 is 0 Å². The van der Waals surface area contributed by atoms with Crippen molar-refractivity contribution in [2.75, 3.05) is 24.7 Å². The van der Waals surface area contributed by atoms with Gasteiger partial charge in [-0.25, -0.2) is 8.42 Å². The number of rotatable bonds is 4. The van der Waals surface area contributed by atoms with Crippen molar-refractivity contribution >= 4 is 21.5 Å². The Morgan fingerprint density at radius 1 is 1.31 bits per heavy atom. The Morgan fingerprint density at radius 2 is 1.81 bits per heavy atom. The molecular weight excluding hydrogens is 230 g/mol. The summed E-state index contributed by atoms with van der Waals surface area (Å²) in [5.74, 6) is -0.935. The second-order valence-electron chi connectivity index (χ2n) is 3.52. The van der Waals surface area contributed by atoms with Crippen LogP contribution in [0.3, 0.4) is 0 Å². The molecule has 88 valence electrons. The molecule has 0 heterocycles. The van der Waals surface area contributed by atoms with Gasteiger partial charge in [-0.15, -0.1) is 0 Å². The number of hydrogen-bond acceptors (Lipinski definition) is 4. The standard InChI is InChI=1S/C10H13NO4S/c1-11(7-10(12)13)8-3-5-9(6-4-8)16(2,14)15/h3-6H,7H2,1-2H3,(H,12,13). The van der Waals surface area contributed by atoms with E-state index < -0.39 is 15.8 Å². The van der Waals surface area contributed by atoms with Crippen LogP contribution < -0.4 is 4.90 Å². The van der Waals surface area contributed by atoms with Crippen molar-refractivity contribution in [3.05, 3.63) is 24.3 Å². The fourth-order valence-electron chi connectivity index (χ4n) is 1.24. The van der Waals surface area contributed by atoms with Gasteiger partial charge in [0.15, 0.2) is 9.84 Å². The van der Waals surface area contributed by atoms with E-state index in [2.05, 4.69) is 0 Å². The third-order valence-electron chi connectivity index (χ3n) is 2.08. The van der Waals surface area contributed by atoms with Crippen LogP contribution in [0.1, 0.15) is 0 Å². The van der Waals surface area contributed by atoms with Crippen molar-refractivity contribution < 1.29 is 18.3 Å². The minimum atomic E-state index is -3.20. The molecule has 0 spiro atoms. The molecule has 0 saturated heterocycles. The SMILES string of the molecule is CN(CC(=O)O)c1ccc(S(C)(=O)=O)cc1. The first-order valence-corrected chi connectivity index (χ1v) is 6.43. The Bertz CT molecular complexity index is 478. The predicted molar refractivity (Wildman–Crippen MR) is 60.5 cm³/mol. The van der Waals surface area contributed by atoms with Gasteiger partial charge in [0.2, 0.25) is 0 Å². The number of likely N-dealkylation sites (N-methyl/N-ethyl adjacent to an activating group) is 1. The van der Waals surface area contributed by atoms with Gasteiger partial charge in [-0.1, -0.05) is 0 Å². The number of carbonyl (C=O) groups is 1. The highest BCUT2D eigenvalue weighted by atomic mass is 32.2. The van der Waals surface area contributed by atoms with Crippen LogP contribution in [0.5, 0.6) is 0 Å². The van der Waals surface area contributed by atoms with Crippen LogP contribution in [0, 0.1) is 0 Å². The largest absolute Gasteiger partial charge is 0.480 e. The predicted octanol–water partition coefficient (Wildman–Crippen LogP) is 0.611. The summed E-state index contributed by atoms with van der Waals surface area (Å²) < 4.78 is 22.4. The first-order chi connectivity index (χ1) is 7.30. The normalized spacial score (nSPS) is 11.1. The van der Waals surface area contributed by atoms with Crippen LogP contribution in [0.4, 0.5) is 5.69 Å². The molecule has 0 saturated carbocycles. The number of anilines is 1. The third kappa shape index (κ3) is 3.23. The smallest absolute Gasteiger partial charge is 0.323 e. The Balaban J connectivity index is 2.91. The molecule has 0 fully saturated rings.